The first-order valence-corrected chi connectivity index (χ1v) is 6.10. The number of carbonyl (C=O) groups is 1. The van der Waals surface area contributed by atoms with Crippen LogP contribution in [0.15, 0.2) is 0 Å². The standard InChI is InChI=1S/C12H24N2O/c1-4-10-7-5-6-8-12(10,11(13)15)14-9(2)3/h9-10,14H,4-8H2,1-3H3,(H2,13,15). The maximum absolute atomic E-state index is 11.7. The molecule has 0 spiro atoms. The molecular formula is C12H24N2O. The second-order valence-electron chi connectivity index (χ2n) is 4.99. The molecule has 0 aliphatic heterocycles. The molecule has 3 N–H and O–H groups in total. The number of primary amides is 1. The summed E-state index contributed by atoms with van der Waals surface area (Å²) in [6.07, 6.45) is 5.40. The van der Waals surface area contributed by atoms with E-state index in [-0.39, 0.29) is 5.91 Å². The van der Waals surface area contributed by atoms with Crippen molar-refractivity contribution in [3.05, 3.63) is 0 Å². The second-order valence-corrected chi connectivity index (χ2v) is 4.99. The van der Waals surface area contributed by atoms with E-state index in [1.54, 1.807) is 0 Å². The fraction of sp³-hybridized carbons (Fsp3) is 0.917. The normalized spacial score (nSPS) is 31.9. The first-order chi connectivity index (χ1) is 7.03. The van der Waals surface area contributed by atoms with Gasteiger partial charge >= 0.3 is 0 Å². The Labute approximate surface area is 92.8 Å². The zero-order chi connectivity index (χ0) is 11.5. The molecule has 0 radical (unpaired) electrons. The summed E-state index contributed by atoms with van der Waals surface area (Å²) in [5, 5.41) is 3.42. The Hall–Kier alpha value is -0.570. The van der Waals surface area contributed by atoms with E-state index in [0.29, 0.717) is 12.0 Å². The average Bonchev–Trinajstić information content (AvgIpc) is 2.17. The largest absolute Gasteiger partial charge is 0.368 e. The Balaban J connectivity index is 2.89. The van der Waals surface area contributed by atoms with Crippen molar-refractivity contribution >= 4 is 5.91 Å². The van der Waals surface area contributed by atoms with Crippen LogP contribution >= 0.6 is 0 Å². The molecule has 1 rings (SSSR count). The van der Waals surface area contributed by atoms with Crippen LogP contribution < -0.4 is 11.1 Å². The molecule has 1 aliphatic rings. The van der Waals surface area contributed by atoms with Gasteiger partial charge in [-0.05, 0) is 32.6 Å². The lowest BCUT2D eigenvalue weighted by Gasteiger charge is -2.43. The zero-order valence-corrected chi connectivity index (χ0v) is 10.2. The number of hydrogen-bond donors (Lipinski definition) is 2. The molecule has 1 saturated carbocycles. The summed E-state index contributed by atoms with van der Waals surface area (Å²) < 4.78 is 0. The molecule has 0 aromatic carbocycles. The summed E-state index contributed by atoms with van der Waals surface area (Å²) in [4.78, 5) is 11.7. The zero-order valence-electron chi connectivity index (χ0n) is 10.2. The lowest BCUT2D eigenvalue weighted by molar-refractivity contribution is -0.128. The van der Waals surface area contributed by atoms with Gasteiger partial charge < -0.3 is 11.1 Å². The van der Waals surface area contributed by atoms with Crippen molar-refractivity contribution in [1.82, 2.24) is 5.32 Å². The van der Waals surface area contributed by atoms with Crippen LogP contribution in [0.3, 0.4) is 0 Å². The fourth-order valence-electron chi connectivity index (χ4n) is 2.90. The third-order valence-electron chi connectivity index (χ3n) is 3.55. The maximum atomic E-state index is 11.7. The summed E-state index contributed by atoms with van der Waals surface area (Å²) in [5.41, 5.74) is 5.17. The van der Waals surface area contributed by atoms with E-state index < -0.39 is 5.54 Å². The highest BCUT2D eigenvalue weighted by atomic mass is 16.1. The highest BCUT2D eigenvalue weighted by Crippen LogP contribution is 2.36. The summed E-state index contributed by atoms with van der Waals surface area (Å²) in [5.74, 6) is 0.244. The molecule has 1 fully saturated rings. The van der Waals surface area contributed by atoms with E-state index in [1.165, 1.54) is 6.42 Å². The molecule has 88 valence electrons. The van der Waals surface area contributed by atoms with Crippen molar-refractivity contribution in [2.45, 2.75) is 64.5 Å². The topological polar surface area (TPSA) is 55.1 Å². The van der Waals surface area contributed by atoms with E-state index in [1.807, 2.05) is 0 Å². The van der Waals surface area contributed by atoms with Crippen molar-refractivity contribution in [3.63, 3.8) is 0 Å². The Morgan fingerprint density at radius 3 is 2.67 bits per heavy atom. The smallest absolute Gasteiger partial charge is 0.238 e. The molecule has 3 nitrogen and oxygen atoms in total. The van der Waals surface area contributed by atoms with Crippen LogP contribution in [0.2, 0.25) is 0 Å². The highest BCUT2D eigenvalue weighted by Gasteiger charge is 2.44. The van der Waals surface area contributed by atoms with Gasteiger partial charge in [0.15, 0.2) is 0 Å². The van der Waals surface area contributed by atoms with Gasteiger partial charge in [0.25, 0.3) is 0 Å². The molecule has 2 unspecified atom stereocenters. The molecule has 0 saturated heterocycles. The van der Waals surface area contributed by atoms with Gasteiger partial charge in [-0.3, -0.25) is 4.79 Å². The van der Waals surface area contributed by atoms with E-state index in [9.17, 15) is 4.79 Å². The van der Waals surface area contributed by atoms with Crippen LogP contribution in [-0.4, -0.2) is 17.5 Å². The van der Waals surface area contributed by atoms with Crippen LogP contribution in [0.25, 0.3) is 0 Å². The van der Waals surface area contributed by atoms with Crippen molar-refractivity contribution in [2.75, 3.05) is 0 Å². The second kappa shape index (κ2) is 4.97. The van der Waals surface area contributed by atoms with E-state index >= 15 is 0 Å². The van der Waals surface area contributed by atoms with E-state index in [2.05, 4.69) is 26.1 Å². The quantitative estimate of drug-likeness (QED) is 0.746. The van der Waals surface area contributed by atoms with Crippen molar-refractivity contribution in [2.24, 2.45) is 11.7 Å². The van der Waals surface area contributed by atoms with Gasteiger partial charge in [0.05, 0.1) is 0 Å². The van der Waals surface area contributed by atoms with E-state index in [0.717, 1.165) is 25.7 Å². The van der Waals surface area contributed by atoms with Crippen LogP contribution in [0, 0.1) is 5.92 Å². The SMILES string of the molecule is CCC1CCCCC1(NC(C)C)C(N)=O. The predicted octanol–water partition coefficient (Wildman–Crippen LogP) is 1.81. The van der Waals surface area contributed by atoms with Crippen molar-refractivity contribution < 1.29 is 4.79 Å². The molecule has 15 heavy (non-hydrogen) atoms. The number of nitrogens with two attached hydrogens (primary N) is 1. The predicted molar refractivity (Wildman–Crippen MR) is 62.4 cm³/mol. The summed E-state index contributed by atoms with van der Waals surface area (Å²) in [6, 6.07) is 0.310. The van der Waals surface area contributed by atoms with Crippen LogP contribution in [0.1, 0.15) is 52.9 Å². The van der Waals surface area contributed by atoms with Gasteiger partial charge in [0, 0.05) is 6.04 Å². The molecule has 3 heteroatoms. The highest BCUT2D eigenvalue weighted by molar-refractivity contribution is 5.85. The molecule has 1 aliphatic carbocycles. The Bertz CT molecular complexity index is 228. The van der Waals surface area contributed by atoms with Gasteiger partial charge in [-0.25, -0.2) is 0 Å². The lowest BCUT2D eigenvalue weighted by Crippen LogP contribution is -2.63. The summed E-state index contributed by atoms with van der Waals surface area (Å²) in [6.45, 7) is 6.30. The minimum absolute atomic E-state index is 0.164. The number of hydrogen-bond acceptors (Lipinski definition) is 2. The number of rotatable bonds is 4. The fourth-order valence-corrected chi connectivity index (χ4v) is 2.90. The average molecular weight is 212 g/mol. The van der Waals surface area contributed by atoms with E-state index in [4.69, 9.17) is 5.73 Å². The van der Waals surface area contributed by atoms with Gasteiger partial charge in [-0.2, -0.15) is 0 Å². The number of carbonyl (C=O) groups excluding carboxylic acids is 1. The minimum atomic E-state index is -0.443. The Kier molecular flexibility index (Phi) is 4.14. The van der Waals surface area contributed by atoms with Crippen molar-refractivity contribution in [3.8, 4) is 0 Å². The minimum Gasteiger partial charge on any atom is -0.368 e. The summed E-state index contributed by atoms with van der Waals surface area (Å²) in [7, 11) is 0. The molecule has 0 aromatic heterocycles. The van der Waals surface area contributed by atoms with Gasteiger partial charge in [-0.15, -0.1) is 0 Å². The molecular weight excluding hydrogens is 188 g/mol. The molecule has 0 aromatic rings. The molecule has 1 amide bonds. The van der Waals surface area contributed by atoms with Gasteiger partial charge in [0.2, 0.25) is 5.91 Å². The molecule has 0 heterocycles. The molecule has 2 atom stereocenters. The third kappa shape index (κ3) is 2.51. The third-order valence-corrected chi connectivity index (χ3v) is 3.55. The van der Waals surface area contributed by atoms with Crippen molar-refractivity contribution in [1.29, 1.82) is 0 Å². The Morgan fingerprint density at radius 2 is 2.20 bits per heavy atom. The monoisotopic (exact) mass is 212 g/mol. The lowest BCUT2D eigenvalue weighted by atomic mass is 9.70. The number of nitrogens with one attached hydrogen (secondary N) is 1. The van der Waals surface area contributed by atoms with Crippen LogP contribution in [-0.2, 0) is 4.79 Å². The van der Waals surface area contributed by atoms with Gasteiger partial charge in [0.1, 0.15) is 5.54 Å². The van der Waals surface area contributed by atoms with Crippen LogP contribution in [0.4, 0.5) is 0 Å². The number of amides is 1. The first-order valence-electron chi connectivity index (χ1n) is 6.10. The Morgan fingerprint density at radius 1 is 1.53 bits per heavy atom. The summed E-state index contributed by atoms with van der Waals surface area (Å²) >= 11 is 0. The first kappa shape index (κ1) is 12.5. The van der Waals surface area contributed by atoms with Crippen LogP contribution in [0.5, 0.6) is 0 Å². The molecule has 0 bridgehead atoms. The van der Waals surface area contributed by atoms with Gasteiger partial charge in [-0.1, -0.05) is 26.2 Å². The maximum Gasteiger partial charge on any atom is 0.238 e.